The molecular formula is C29H28F3NO6. The van der Waals surface area contributed by atoms with Gasteiger partial charge in [-0.1, -0.05) is 12.6 Å². The van der Waals surface area contributed by atoms with Crippen molar-refractivity contribution >= 4 is 22.7 Å². The average molecular weight is 544 g/mol. The van der Waals surface area contributed by atoms with Crippen molar-refractivity contribution in [1.29, 1.82) is 0 Å². The van der Waals surface area contributed by atoms with Crippen molar-refractivity contribution in [3.8, 4) is 17.2 Å². The number of carboxylic acid groups (broad SMARTS) is 1. The van der Waals surface area contributed by atoms with Gasteiger partial charge >= 0.3 is 12.3 Å². The number of allylic oxidation sites excluding steroid dienone is 4. The molecule has 0 saturated heterocycles. The number of nitrogens with zero attached hydrogens (tertiary/aromatic N) is 1. The number of Topliss-reactive ketones (excluding diaryl/α,β-unsaturated/α-hetero) is 1. The molecule has 0 amide bonds. The van der Waals surface area contributed by atoms with Crippen LogP contribution in [-0.2, 0) is 9.53 Å². The minimum absolute atomic E-state index is 0.129. The minimum atomic E-state index is -4.92. The van der Waals surface area contributed by atoms with Gasteiger partial charge in [-0.05, 0) is 70.2 Å². The van der Waals surface area contributed by atoms with Crippen molar-refractivity contribution in [2.45, 2.75) is 39.7 Å². The third-order valence-corrected chi connectivity index (χ3v) is 5.86. The molecule has 0 fully saturated rings. The first-order valence-electron chi connectivity index (χ1n) is 11.7. The van der Waals surface area contributed by atoms with Crippen LogP contribution in [0.2, 0.25) is 0 Å². The number of ether oxygens (including phenoxy) is 3. The van der Waals surface area contributed by atoms with Crippen LogP contribution < -0.4 is 9.47 Å². The monoisotopic (exact) mass is 543 g/mol. The molecule has 0 aliphatic carbocycles. The first kappa shape index (κ1) is 29.1. The van der Waals surface area contributed by atoms with Gasteiger partial charge in [-0.15, -0.1) is 13.2 Å². The quantitative estimate of drug-likeness (QED) is 0.129. The molecule has 206 valence electrons. The topological polar surface area (TPSA) is 87.0 Å². The third-order valence-electron chi connectivity index (χ3n) is 5.86. The zero-order valence-electron chi connectivity index (χ0n) is 22.1. The van der Waals surface area contributed by atoms with E-state index in [1.54, 1.807) is 48.8 Å². The highest BCUT2D eigenvalue weighted by Gasteiger charge is 2.32. The highest BCUT2D eigenvalue weighted by atomic mass is 19.4. The lowest BCUT2D eigenvalue weighted by atomic mass is 10.0. The van der Waals surface area contributed by atoms with Gasteiger partial charge in [0.1, 0.15) is 17.3 Å². The van der Waals surface area contributed by atoms with E-state index in [1.165, 1.54) is 45.2 Å². The largest absolute Gasteiger partial charge is 0.573 e. The maximum atomic E-state index is 13.5. The van der Waals surface area contributed by atoms with Crippen LogP contribution in [0.3, 0.4) is 0 Å². The van der Waals surface area contributed by atoms with E-state index in [4.69, 9.17) is 9.47 Å². The molecule has 0 radical (unpaired) electrons. The number of alkyl halides is 3. The van der Waals surface area contributed by atoms with E-state index < -0.39 is 29.5 Å². The molecule has 0 aliphatic rings. The van der Waals surface area contributed by atoms with Gasteiger partial charge in [0.2, 0.25) is 0 Å². The molecule has 0 bridgehead atoms. The summed E-state index contributed by atoms with van der Waals surface area (Å²) < 4.78 is 55.5. The molecule has 0 aliphatic heterocycles. The zero-order valence-corrected chi connectivity index (χ0v) is 22.1. The predicted molar refractivity (Wildman–Crippen MR) is 140 cm³/mol. The van der Waals surface area contributed by atoms with E-state index in [1.807, 2.05) is 0 Å². The Bertz CT molecular complexity index is 1490. The standard InChI is InChI=1S/C29H28F3NO6/c1-7-20(37-6)12-11-17(2)26(34)25-18(3)33(24-16-22(13-14-23(24)25)39-29(30,31)32)19-9-8-10-21(15-19)38-28(4,5)27(35)36/h7-16H,2H2,1,3-6H3,(H,35,36)/b12-11-,20-7+. The maximum absolute atomic E-state index is 13.5. The molecule has 2 aromatic carbocycles. The lowest BCUT2D eigenvalue weighted by Crippen LogP contribution is -2.37. The summed E-state index contributed by atoms with van der Waals surface area (Å²) in [6.07, 6.45) is -0.142. The molecule has 0 spiro atoms. The Morgan fingerprint density at radius 1 is 1.03 bits per heavy atom. The number of hydrogen-bond acceptors (Lipinski definition) is 5. The first-order chi connectivity index (χ1) is 18.2. The number of ketones is 1. The lowest BCUT2D eigenvalue weighted by molar-refractivity contribution is -0.274. The van der Waals surface area contributed by atoms with Crippen LogP contribution in [0.15, 0.2) is 78.6 Å². The second-order valence-electron chi connectivity index (χ2n) is 9.02. The summed E-state index contributed by atoms with van der Waals surface area (Å²) in [5, 5.41) is 9.80. The van der Waals surface area contributed by atoms with Gasteiger partial charge in [0, 0.05) is 34.5 Å². The number of rotatable bonds is 10. The lowest BCUT2D eigenvalue weighted by Gasteiger charge is -2.22. The van der Waals surface area contributed by atoms with Crippen LogP contribution >= 0.6 is 0 Å². The highest BCUT2D eigenvalue weighted by Crippen LogP contribution is 2.36. The fraction of sp³-hybridized carbons (Fsp3) is 0.241. The molecule has 1 aromatic heterocycles. The Balaban J connectivity index is 2.21. The summed E-state index contributed by atoms with van der Waals surface area (Å²) in [4.78, 5) is 25.1. The zero-order chi connectivity index (χ0) is 29.1. The van der Waals surface area contributed by atoms with Crippen LogP contribution in [0, 0.1) is 6.92 Å². The number of carboxylic acids is 1. The number of carbonyl (C=O) groups excluding carboxylic acids is 1. The summed E-state index contributed by atoms with van der Waals surface area (Å²) in [6.45, 7) is 10.0. The summed E-state index contributed by atoms with van der Waals surface area (Å²) in [5.74, 6) is -1.37. The van der Waals surface area contributed by atoms with Gasteiger partial charge in [0.05, 0.1) is 18.2 Å². The van der Waals surface area contributed by atoms with Gasteiger partial charge in [-0.2, -0.15) is 0 Å². The van der Waals surface area contributed by atoms with E-state index in [2.05, 4.69) is 11.3 Å². The van der Waals surface area contributed by atoms with E-state index >= 15 is 0 Å². The summed E-state index contributed by atoms with van der Waals surface area (Å²) in [7, 11) is 1.48. The second kappa shape index (κ2) is 11.1. The molecule has 1 N–H and O–H groups in total. The van der Waals surface area contributed by atoms with E-state index in [9.17, 15) is 27.9 Å². The Hall–Kier alpha value is -4.47. The number of halogens is 3. The van der Waals surface area contributed by atoms with E-state index in [-0.39, 0.29) is 22.4 Å². The Labute approximate surface area is 223 Å². The first-order valence-corrected chi connectivity index (χ1v) is 11.7. The van der Waals surface area contributed by atoms with Crippen LogP contribution in [0.1, 0.15) is 36.8 Å². The van der Waals surface area contributed by atoms with Crippen molar-refractivity contribution < 1.29 is 42.1 Å². The Kier molecular flexibility index (Phi) is 8.28. The molecule has 3 aromatic rings. The van der Waals surface area contributed by atoms with Crippen molar-refractivity contribution in [3.05, 3.63) is 89.9 Å². The molecule has 10 heteroatoms. The van der Waals surface area contributed by atoms with Crippen LogP contribution in [-0.4, -0.2) is 40.5 Å². The number of benzene rings is 2. The molecule has 0 unspecified atom stereocenters. The number of aromatic nitrogens is 1. The van der Waals surface area contributed by atoms with Crippen LogP contribution in [0.4, 0.5) is 13.2 Å². The van der Waals surface area contributed by atoms with Crippen molar-refractivity contribution in [3.63, 3.8) is 0 Å². The van der Waals surface area contributed by atoms with Crippen molar-refractivity contribution in [2.24, 2.45) is 0 Å². The third kappa shape index (κ3) is 6.51. The van der Waals surface area contributed by atoms with Crippen LogP contribution in [0.5, 0.6) is 11.5 Å². The number of aliphatic carboxylic acids is 1. The van der Waals surface area contributed by atoms with Gasteiger partial charge in [-0.25, -0.2) is 4.79 Å². The second-order valence-corrected chi connectivity index (χ2v) is 9.02. The van der Waals surface area contributed by atoms with E-state index in [0.717, 1.165) is 6.07 Å². The average Bonchev–Trinajstić information content (AvgIpc) is 3.13. The molecule has 1 heterocycles. The molecule has 0 saturated carbocycles. The number of carbonyl (C=O) groups is 2. The fourth-order valence-electron chi connectivity index (χ4n) is 3.94. The summed E-state index contributed by atoms with van der Waals surface area (Å²) in [5.41, 5.74) is -0.0776. The maximum Gasteiger partial charge on any atom is 0.573 e. The number of fused-ring (bicyclic) bond motifs is 1. The molecule has 7 nitrogen and oxygen atoms in total. The van der Waals surface area contributed by atoms with Gasteiger partial charge < -0.3 is 23.9 Å². The van der Waals surface area contributed by atoms with E-state index in [0.29, 0.717) is 22.5 Å². The minimum Gasteiger partial charge on any atom is -0.497 e. The molecule has 0 atom stereocenters. The smallest absolute Gasteiger partial charge is 0.497 e. The number of methoxy groups -OCH3 is 1. The van der Waals surface area contributed by atoms with Crippen molar-refractivity contribution in [2.75, 3.05) is 7.11 Å². The summed E-state index contributed by atoms with van der Waals surface area (Å²) >= 11 is 0. The Morgan fingerprint density at radius 2 is 1.69 bits per heavy atom. The van der Waals surface area contributed by atoms with Gasteiger partial charge in [0.15, 0.2) is 11.4 Å². The van der Waals surface area contributed by atoms with Gasteiger partial charge in [0.25, 0.3) is 0 Å². The van der Waals surface area contributed by atoms with Gasteiger partial charge in [-0.3, -0.25) is 4.79 Å². The normalized spacial score (nSPS) is 12.6. The molecule has 39 heavy (non-hydrogen) atoms. The summed E-state index contributed by atoms with van der Waals surface area (Å²) in [6, 6.07) is 10.1. The van der Waals surface area contributed by atoms with Crippen LogP contribution in [0.25, 0.3) is 16.6 Å². The fourth-order valence-corrected chi connectivity index (χ4v) is 3.94. The molecule has 3 rings (SSSR count). The predicted octanol–water partition coefficient (Wildman–Crippen LogP) is 6.92. The Morgan fingerprint density at radius 3 is 2.28 bits per heavy atom. The molecular weight excluding hydrogens is 515 g/mol. The van der Waals surface area contributed by atoms with Crippen molar-refractivity contribution in [1.82, 2.24) is 4.57 Å². The number of hydrogen-bond donors (Lipinski definition) is 1. The SMILES string of the molecule is C=C(/C=C\C(=C/C)OC)C(=O)c1c(C)n(-c2cccc(OC(C)(C)C(=O)O)c2)c2cc(OC(F)(F)F)ccc12. The highest BCUT2D eigenvalue weighted by molar-refractivity contribution is 6.18.